The lowest BCUT2D eigenvalue weighted by atomic mass is 9.98. The normalized spacial score (nSPS) is 13.0. The number of carbonyl (C=O) groups excluding carboxylic acids is 2. The van der Waals surface area contributed by atoms with Gasteiger partial charge in [0.1, 0.15) is 12.3 Å². The average Bonchev–Trinajstić information content (AvgIpc) is 3.39. The van der Waals surface area contributed by atoms with E-state index in [1.807, 2.05) is 36.4 Å². The van der Waals surface area contributed by atoms with Gasteiger partial charge in [0, 0.05) is 25.6 Å². The Hall–Kier alpha value is -4.14. The Kier molecular flexibility index (Phi) is 6.12. The zero-order valence-corrected chi connectivity index (χ0v) is 18.2. The van der Waals surface area contributed by atoms with Gasteiger partial charge in [-0.25, -0.2) is 4.79 Å². The van der Waals surface area contributed by atoms with Gasteiger partial charge in [0.25, 0.3) is 5.91 Å². The number of nitrogens with zero attached hydrogens (tertiary/aromatic N) is 2. The first-order valence-electron chi connectivity index (χ1n) is 10.5. The zero-order valence-electron chi connectivity index (χ0n) is 18.2. The molecule has 0 bridgehead atoms. The van der Waals surface area contributed by atoms with Crippen molar-refractivity contribution in [3.63, 3.8) is 0 Å². The molecule has 1 unspecified atom stereocenters. The molecule has 3 N–H and O–H groups in total. The molecule has 0 spiro atoms. The van der Waals surface area contributed by atoms with Crippen LogP contribution in [0.15, 0.2) is 54.6 Å². The molecule has 0 fully saturated rings. The van der Waals surface area contributed by atoms with E-state index in [2.05, 4.69) is 27.6 Å². The highest BCUT2D eigenvalue weighted by atomic mass is 16.5. The molecule has 0 radical (unpaired) electrons. The number of carboxylic acid groups (broad SMARTS) is 1. The van der Waals surface area contributed by atoms with E-state index in [0.29, 0.717) is 0 Å². The van der Waals surface area contributed by atoms with E-state index in [4.69, 9.17) is 9.84 Å². The van der Waals surface area contributed by atoms with Gasteiger partial charge in [-0.05, 0) is 22.3 Å². The van der Waals surface area contributed by atoms with Gasteiger partial charge in [-0.3, -0.25) is 20.0 Å². The Morgan fingerprint density at radius 2 is 1.73 bits per heavy atom. The van der Waals surface area contributed by atoms with E-state index in [0.717, 1.165) is 22.3 Å². The smallest absolute Gasteiger partial charge is 0.412 e. The van der Waals surface area contributed by atoms with Gasteiger partial charge in [-0.1, -0.05) is 55.5 Å². The minimum Gasteiger partial charge on any atom is -0.481 e. The van der Waals surface area contributed by atoms with Gasteiger partial charge in [0.2, 0.25) is 0 Å². The van der Waals surface area contributed by atoms with E-state index in [9.17, 15) is 14.4 Å². The van der Waals surface area contributed by atoms with Gasteiger partial charge < -0.3 is 14.7 Å². The zero-order chi connectivity index (χ0) is 23.5. The summed E-state index contributed by atoms with van der Waals surface area (Å²) in [5, 5.41) is 18.0. The van der Waals surface area contributed by atoms with Crippen molar-refractivity contribution in [2.45, 2.75) is 12.8 Å². The molecular weight excluding hydrogens is 424 g/mol. The van der Waals surface area contributed by atoms with Gasteiger partial charge in [-0.15, -0.1) is 0 Å². The van der Waals surface area contributed by atoms with Crippen molar-refractivity contribution < 1.29 is 24.2 Å². The Morgan fingerprint density at radius 3 is 2.33 bits per heavy atom. The minimum absolute atomic E-state index is 0.0440. The minimum atomic E-state index is -0.989. The number of H-pyrrole nitrogens is 1. The Bertz CT molecular complexity index is 1160. The highest BCUT2D eigenvalue weighted by Gasteiger charge is 2.29. The quantitative estimate of drug-likeness (QED) is 0.508. The molecule has 9 heteroatoms. The molecule has 9 nitrogen and oxygen atoms in total. The summed E-state index contributed by atoms with van der Waals surface area (Å²) >= 11 is 0. The fourth-order valence-corrected chi connectivity index (χ4v) is 4.01. The summed E-state index contributed by atoms with van der Waals surface area (Å²) in [4.78, 5) is 37.1. The van der Waals surface area contributed by atoms with Crippen LogP contribution in [0.1, 0.15) is 34.5 Å². The number of ether oxygens (including phenoxy) is 1. The number of aromatic nitrogens is 2. The predicted molar refractivity (Wildman–Crippen MR) is 121 cm³/mol. The molecule has 1 heterocycles. The van der Waals surface area contributed by atoms with Crippen LogP contribution in [0, 0.1) is 5.92 Å². The maximum Gasteiger partial charge on any atom is 0.412 e. The first-order chi connectivity index (χ1) is 15.8. The summed E-state index contributed by atoms with van der Waals surface area (Å²) in [6.45, 7) is 1.72. The Labute approximate surface area is 190 Å². The van der Waals surface area contributed by atoms with E-state index >= 15 is 0 Å². The van der Waals surface area contributed by atoms with Crippen molar-refractivity contribution in [3.05, 3.63) is 71.4 Å². The molecule has 0 saturated heterocycles. The second-order valence-electron chi connectivity index (χ2n) is 8.04. The van der Waals surface area contributed by atoms with Crippen molar-refractivity contribution in [2.75, 3.05) is 25.5 Å². The molecule has 33 heavy (non-hydrogen) atoms. The highest BCUT2D eigenvalue weighted by Crippen LogP contribution is 2.44. The highest BCUT2D eigenvalue weighted by molar-refractivity contribution is 5.94. The lowest BCUT2D eigenvalue weighted by Gasteiger charge is -2.18. The predicted octanol–water partition coefficient (Wildman–Crippen LogP) is 3.56. The lowest BCUT2D eigenvalue weighted by molar-refractivity contribution is -0.141. The van der Waals surface area contributed by atoms with Crippen LogP contribution in [0.3, 0.4) is 0 Å². The van der Waals surface area contributed by atoms with Gasteiger partial charge >= 0.3 is 12.1 Å². The van der Waals surface area contributed by atoms with Gasteiger partial charge in [0.15, 0.2) is 5.82 Å². The molecule has 2 aromatic carbocycles. The summed E-state index contributed by atoms with van der Waals surface area (Å²) in [6, 6.07) is 17.5. The number of aromatic amines is 1. The van der Waals surface area contributed by atoms with E-state index < -0.39 is 23.9 Å². The van der Waals surface area contributed by atoms with Crippen LogP contribution in [0.4, 0.5) is 10.6 Å². The topological polar surface area (TPSA) is 125 Å². The average molecular weight is 448 g/mol. The summed E-state index contributed by atoms with van der Waals surface area (Å²) in [7, 11) is 1.50. The second-order valence-corrected chi connectivity index (χ2v) is 8.04. The van der Waals surface area contributed by atoms with Gasteiger partial charge in [0.05, 0.1) is 5.92 Å². The first-order valence-corrected chi connectivity index (χ1v) is 10.5. The summed E-state index contributed by atoms with van der Waals surface area (Å²) in [6.07, 6.45) is -0.685. The fraction of sp³-hybridized carbons (Fsp3) is 0.250. The lowest BCUT2D eigenvalue weighted by Crippen LogP contribution is -2.33. The van der Waals surface area contributed by atoms with Crippen molar-refractivity contribution >= 4 is 23.8 Å². The molecule has 1 aliphatic carbocycles. The first kappa shape index (κ1) is 22.1. The molecule has 4 rings (SSSR count). The number of aliphatic carboxylic acids is 1. The summed E-state index contributed by atoms with van der Waals surface area (Å²) in [5.74, 6) is -2.06. The molecule has 170 valence electrons. The Balaban J connectivity index is 1.36. The number of fused-ring (bicyclic) bond motifs is 3. The molecule has 3 aromatic rings. The third-order valence-electron chi connectivity index (χ3n) is 5.70. The number of benzene rings is 2. The maximum absolute atomic E-state index is 12.5. The summed E-state index contributed by atoms with van der Waals surface area (Å²) in [5.41, 5.74) is 4.62. The van der Waals surface area contributed by atoms with Crippen LogP contribution in [0.2, 0.25) is 0 Å². The number of carbonyl (C=O) groups is 3. The number of rotatable bonds is 7. The number of hydrogen-bond donors (Lipinski definition) is 3. The van der Waals surface area contributed by atoms with Crippen LogP contribution >= 0.6 is 0 Å². The van der Waals surface area contributed by atoms with Gasteiger partial charge in [-0.2, -0.15) is 5.10 Å². The Morgan fingerprint density at radius 1 is 1.12 bits per heavy atom. The molecular formula is C24H24N4O5. The third-order valence-corrected chi connectivity index (χ3v) is 5.70. The second kappa shape index (κ2) is 9.15. The molecule has 1 atom stereocenters. The van der Waals surface area contributed by atoms with Crippen molar-refractivity contribution in [1.29, 1.82) is 0 Å². The van der Waals surface area contributed by atoms with Crippen molar-refractivity contribution in [1.82, 2.24) is 15.1 Å². The van der Waals surface area contributed by atoms with Crippen LogP contribution in [0.5, 0.6) is 0 Å². The summed E-state index contributed by atoms with van der Waals surface area (Å²) < 4.78 is 5.48. The monoisotopic (exact) mass is 448 g/mol. The largest absolute Gasteiger partial charge is 0.481 e. The van der Waals surface area contributed by atoms with Crippen LogP contribution in [0.25, 0.3) is 11.1 Å². The van der Waals surface area contributed by atoms with Crippen molar-refractivity contribution in [3.8, 4) is 11.1 Å². The molecule has 2 amide bonds. The van der Waals surface area contributed by atoms with Crippen LogP contribution in [-0.4, -0.2) is 58.4 Å². The number of nitrogens with one attached hydrogen (secondary N) is 2. The van der Waals surface area contributed by atoms with E-state index in [-0.39, 0.29) is 30.6 Å². The standard InChI is InChI=1S/C24H24N4O5/c1-14(23(30)31)12-28(2)22(29)20-11-21(27-26-20)25-24(32)33-13-19-17-9-5-3-7-15(17)16-8-4-6-10-18(16)19/h3-11,14,19H,12-13H2,1-2H3,(H,30,31)(H2,25,26,27,32). The number of anilines is 1. The molecule has 0 saturated carbocycles. The van der Waals surface area contributed by atoms with Crippen LogP contribution in [-0.2, 0) is 9.53 Å². The fourth-order valence-electron chi connectivity index (χ4n) is 4.01. The maximum atomic E-state index is 12.5. The van der Waals surface area contributed by atoms with E-state index in [1.54, 1.807) is 0 Å². The van der Waals surface area contributed by atoms with Crippen LogP contribution < -0.4 is 5.32 Å². The molecule has 1 aliphatic rings. The number of amides is 2. The number of carboxylic acids is 1. The van der Waals surface area contributed by atoms with Crippen molar-refractivity contribution in [2.24, 2.45) is 5.92 Å². The molecule has 1 aromatic heterocycles. The van der Waals surface area contributed by atoms with E-state index in [1.165, 1.54) is 24.9 Å². The SMILES string of the molecule is CC(CN(C)C(=O)c1cc(NC(=O)OCC2c3ccccc3-c3ccccc32)n[nH]1)C(=O)O. The number of hydrogen-bond acceptors (Lipinski definition) is 5. The molecule has 0 aliphatic heterocycles. The third kappa shape index (κ3) is 4.57.